The van der Waals surface area contributed by atoms with Gasteiger partial charge < -0.3 is 189 Å². The van der Waals surface area contributed by atoms with Crippen molar-refractivity contribution in [2.45, 2.75) is 336 Å². The lowest BCUT2D eigenvalue weighted by Gasteiger charge is -2.52. The van der Waals surface area contributed by atoms with Crippen molar-refractivity contribution in [2.24, 2.45) is 29.6 Å². The molecule has 6 heterocycles. The van der Waals surface area contributed by atoms with E-state index in [-0.39, 0.29) is 88.9 Å². The van der Waals surface area contributed by atoms with E-state index in [1.165, 1.54) is 18.2 Å². The molecule has 0 radical (unpaired) electrons. The standard InChI is InChI=1S/C75H114O43/c76-23-45-55(89)60(94)66(100)72(114-45)110-40-10-2-29(16-38(40)81)5-13-52(86)105-25-47-57(91)62(96)67(101)73(116-47)111-41-11-3-30(17-39(41)82)6-14-53(87)106-26-48-58(92)63(97)68(102)74(117-48)112-43-18-31(7-9-35(43)78)70-44(113-75-69(103)64(98)59(93)49(118-75)27-107-54(88)22-50(83)84)21-33-36(79)19-32(20-42(33)109-70)108-71-65(99)61(95)56(90)46(115-71)24-104-51(85)12-4-28-1-8-34(77)37(80)15-28/h4-6,12-14,28-49,55-82,89-103H,1-3,7-11,15-27H2,(H,83,84). The number of carbonyl (C=O) groups is 5. The number of rotatable bonds is 28. The highest BCUT2D eigenvalue weighted by atomic mass is 16.8. The van der Waals surface area contributed by atoms with Crippen molar-refractivity contribution >= 4 is 29.8 Å². The third-order valence-corrected chi connectivity index (χ3v) is 24.3. The van der Waals surface area contributed by atoms with Gasteiger partial charge in [-0.25, -0.2) is 14.4 Å². The van der Waals surface area contributed by atoms with E-state index in [1.54, 1.807) is 0 Å². The van der Waals surface area contributed by atoms with E-state index in [9.17, 15) is 136 Å². The van der Waals surface area contributed by atoms with Gasteiger partial charge in [0.25, 0.3) is 0 Å². The first-order valence-electron chi connectivity index (χ1n) is 40.1. The summed E-state index contributed by atoms with van der Waals surface area (Å²) in [6, 6.07) is 0. The second kappa shape index (κ2) is 42.3. The van der Waals surface area contributed by atoms with Crippen LogP contribution < -0.4 is 0 Å². The number of allylic oxidation sites excluding steroid dienone is 3. The fraction of sp³-hybridized carbons (Fsp3) is 0.853. The Hall–Kier alpha value is -4.75. The Balaban J connectivity index is 0.669. The molecule has 43 heteroatoms. The number of carbonyl (C=O) groups excluding carboxylic acids is 4. The maximum absolute atomic E-state index is 13.3. The highest BCUT2D eigenvalue weighted by molar-refractivity contribution is 5.90. The van der Waals surface area contributed by atoms with Crippen LogP contribution in [0.4, 0.5) is 0 Å². The van der Waals surface area contributed by atoms with Crippen LogP contribution in [0, 0.1) is 29.6 Å². The molecule has 672 valence electrons. The molecule has 6 saturated heterocycles. The number of esters is 4. The molecule has 0 aromatic rings. The van der Waals surface area contributed by atoms with Gasteiger partial charge in [-0.15, -0.1) is 0 Å². The highest BCUT2D eigenvalue weighted by Crippen LogP contribution is 2.46. The fourth-order valence-corrected chi connectivity index (χ4v) is 17.3. The summed E-state index contributed by atoms with van der Waals surface area (Å²) in [7, 11) is 0. The monoisotopic (exact) mass is 1700 g/mol. The van der Waals surface area contributed by atoms with Gasteiger partial charge in [-0.2, -0.15) is 0 Å². The lowest BCUT2D eigenvalue weighted by atomic mass is 9.72. The largest absolute Gasteiger partial charge is 0.481 e. The Bertz CT molecular complexity index is 3320. The van der Waals surface area contributed by atoms with Crippen LogP contribution in [0.15, 0.2) is 36.5 Å². The first kappa shape index (κ1) is 93.9. The average Bonchev–Trinajstić information content (AvgIpc) is 0.763. The number of ether oxygens (including phenoxy) is 15. The van der Waals surface area contributed by atoms with Gasteiger partial charge in [0.1, 0.15) is 155 Å². The van der Waals surface area contributed by atoms with Crippen LogP contribution >= 0.6 is 0 Å². The third-order valence-electron chi connectivity index (χ3n) is 24.3. The number of fused-ring (bicyclic) bond motifs is 1. The van der Waals surface area contributed by atoms with Crippen LogP contribution in [-0.4, -0.2) is 413 Å². The molecular weight excluding hydrogens is 1590 g/mol. The summed E-state index contributed by atoms with van der Waals surface area (Å²) < 4.78 is 87.1. The van der Waals surface area contributed by atoms with Gasteiger partial charge >= 0.3 is 29.8 Å². The lowest BCUT2D eigenvalue weighted by molar-refractivity contribution is -0.341. The summed E-state index contributed by atoms with van der Waals surface area (Å²) in [6.45, 7) is -3.50. The Morgan fingerprint density at radius 1 is 0.314 bits per heavy atom. The summed E-state index contributed by atoms with van der Waals surface area (Å²) in [5.74, 6) is -8.22. The van der Waals surface area contributed by atoms with E-state index in [4.69, 9.17) is 76.2 Å². The second-order valence-corrected chi connectivity index (χ2v) is 32.6. The van der Waals surface area contributed by atoms with Crippen LogP contribution in [-0.2, 0) is 95.0 Å². The maximum Gasteiger partial charge on any atom is 0.330 e. The zero-order chi connectivity index (χ0) is 85.4. The van der Waals surface area contributed by atoms with Crippen molar-refractivity contribution < 1.29 is 212 Å². The molecule has 43 unspecified atom stereocenters. The lowest BCUT2D eigenvalue weighted by Crippen LogP contribution is -2.63. The Morgan fingerprint density at radius 2 is 0.678 bits per heavy atom. The molecule has 43 nitrogen and oxygen atoms in total. The number of hydrogen-bond donors (Lipinski definition) is 23. The number of carboxylic acids is 1. The van der Waals surface area contributed by atoms with Crippen molar-refractivity contribution in [1.29, 1.82) is 0 Å². The predicted octanol–water partition coefficient (Wildman–Crippen LogP) is -9.81. The molecule has 5 saturated carbocycles. The van der Waals surface area contributed by atoms with E-state index in [0.717, 1.165) is 18.2 Å². The van der Waals surface area contributed by atoms with Gasteiger partial charge in [0.15, 0.2) is 31.5 Å². The number of aliphatic hydroxyl groups excluding tert-OH is 22. The molecule has 5 aliphatic carbocycles. The molecule has 11 rings (SSSR count). The smallest absolute Gasteiger partial charge is 0.330 e. The molecule has 43 atom stereocenters. The molecule has 0 aromatic carbocycles. The second-order valence-electron chi connectivity index (χ2n) is 32.6. The van der Waals surface area contributed by atoms with Gasteiger partial charge in [0.05, 0.1) is 86.0 Å². The molecule has 0 aromatic heterocycles. The maximum atomic E-state index is 13.3. The van der Waals surface area contributed by atoms with Gasteiger partial charge in [0, 0.05) is 37.0 Å². The Labute approximate surface area is 674 Å². The zero-order valence-electron chi connectivity index (χ0n) is 64.1. The van der Waals surface area contributed by atoms with Gasteiger partial charge in [-0.1, -0.05) is 18.2 Å². The van der Waals surface area contributed by atoms with Crippen molar-refractivity contribution in [2.75, 3.05) is 33.0 Å². The van der Waals surface area contributed by atoms with Crippen molar-refractivity contribution in [3.63, 3.8) is 0 Å². The average molecular weight is 1700 g/mol. The van der Waals surface area contributed by atoms with E-state index in [0.29, 0.717) is 19.3 Å². The Kier molecular flexibility index (Phi) is 33.7. The minimum atomic E-state index is -2.01. The van der Waals surface area contributed by atoms with E-state index < -0.39 is 320 Å². The summed E-state index contributed by atoms with van der Waals surface area (Å²) in [6.07, 6.45) is -50.0. The fourth-order valence-electron chi connectivity index (χ4n) is 17.3. The molecule has 118 heavy (non-hydrogen) atoms. The predicted molar refractivity (Wildman–Crippen MR) is 380 cm³/mol. The minimum Gasteiger partial charge on any atom is -0.481 e. The van der Waals surface area contributed by atoms with Crippen LogP contribution in [0.3, 0.4) is 0 Å². The van der Waals surface area contributed by atoms with Crippen molar-refractivity contribution in [1.82, 2.24) is 0 Å². The van der Waals surface area contributed by atoms with E-state index >= 15 is 0 Å². The summed E-state index contributed by atoms with van der Waals surface area (Å²) in [4.78, 5) is 62.3. The number of aliphatic carboxylic acids is 1. The molecule has 6 aliphatic heterocycles. The topological polar surface area (TPSA) is 689 Å². The van der Waals surface area contributed by atoms with Crippen LogP contribution in [0.1, 0.15) is 103 Å². The summed E-state index contributed by atoms with van der Waals surface area (Å²) in [5, 5.41) is 247. The van der Waals surface area contributed by atoms with E-state index in [1.807, 2.05) is 0 Å². The number of carboxylic acid groups (broad SMARTS) is 1. The van der Waals surface area contributed by atoms with E-state index in [2.05, 4.69) is 0 Å². The van der Waals surface area contributed by atoms with Gasteiger partial charge in [-0.3, -0.25) is 9.59 Å². The molecule has 0 amide bonds. The van der Waals surface area contributed by atoms with Crippen molar-refractivity contribution in [3.05, 3.63) is 36.5 Å². The normalized spacial score (nSPS) is 47.3. The molecule has 11 aliphatic rings. The molecule has 0 bridgehead atoms. The number of aliphatic hydroxyl groups is 22. The zero-order valence-corrected chi connectivity index (χ0v) is 64.1. The van der Waals surface area contributed by atoms with Gasteiger partial charge in [0.2, 0.25) is 0 Å². The molecule has 11 fully saturated rings. The minimum absolute atomic E-state index is 0.0248. The quantitative estimate of drug-likeness (QED) is 0.0150. The first-order chi connectivity index (χ1) is 56.0. The van der Waals surface area contributed by atoms with Gasteiger partial charge in [-0.05, 0) is 107 Å². The van der Waals surface area contributed by atoms with Crippen molar-refractivity contribution in [3.8, 4) is 0 Å². The highest BCUT2D eigenvalue weighted by Gasteiger charge is 2.57. The summed E-state index contributed by atoms with van der Waals surface area (Å²) in [5.41, 5.74) is 0. The van der Waals surface area contributed by atoms with Crippen LogP contribution in [0.25, 0.3) is 0 Å². The SMILES string of the molecule is O=C(O)CC(=O)OCC1OC(OC2CC3C(O)CC(OC4OC(COC(=O)C=CC5CCC(O)C(O)C5)C(O)C(O)C4O)CC3OC2C2CCC(O)C(OC3OC(COC(=O)C=CC4CCC(OC5OC(COC(=O)C=CC6CCC(OC7OC(CO)C(O)C(O)C7O)C(O)C6)C(O)C(O)C5O)C(O)C4)C(O)C(O)C3O)C2)C(O)C(O)C1O. The molecular formula is C75H114O43. The first-order valence-corrected chi connectivity index (χ1v) is 40.1. The molecule has 23 N–H and O–H groups in total. The number of hydrogen-bond acceptors (Lipinski definition) is 42. The third kappa shape index (κ3) is 23.4. The molecule has 0 spiro atoms. The Morgan fingerprint density at radius 3 is 1.08 bits per heavy atom. The van der Waals surface area contributed by atoms with Crippen LogP contribution in [0.5, 0.6) is 0 Å². The summed E-state index contributed by atoms with van der Waals surface area (Å²) >= 11 is 0. The van der Waals surface area contributed by atoms with Crippen LogP contribution in [0.2, 0.25) is 0 Å².